The Bertz CT molecular complexity index is 751. The van der Waals surface area contributed by atoms with Crippen molar-refractivity contribution < 1.29 is 29.2 Å². The van der Waals surface area contributed by atoms with E-state index in [0.29, 0.717) is 11.5 Å². The molecule has 0 bridgehead atoms. The fourth-order valence-electron chi connectivity index (χ4n) is 2.70. The van der Waals surface area contributed by atoms with Crippen LogP contribution in [-0.4, -0.2) is 46.2 Å². The van der Waals surface area contributed by atoms with Crippen molar-refractivity contribution in [3.8, 4) is 11.5 Å². The Labute approximate surface area is 163 Å². The molecule has 0 amide bonds. The van der Waals surface area contributed by atoms with Crippen LogP contribution in [0, 0.1) is 6.92 Å². The molecule has 2 N–H and O–H groups in total. The monoisotopic (exact) mass is 390 g/mol. The van der Waals surface area contributed by atoms with E-state index in [4.69, 9.17) is 31.2 Å². The molecule has 0 spiro atoms. The molecular weight excluding hydrogens is 368 g/mol. The quantitative estimate of drug-likeness (QED) is 0.777. The Kier molecular flexibility index (Phi) is 6.28. The summed E-state index contributed by atoms with van der Waals surface area (Å²) in [5, 5.41) is 20.7. The molecule has 2 aromatic rings. The first kappa shape index (κ1) is 19.6. The minimum Gasteiger partial charge on any atom is -0.462 e. The van der Waals surface area contributed by atoms with E-state index in [1.165, 1.54) is 0 Å². The van der Waals surface area contributed by atoms with Crippen LogP contribution in [-0.2, 0) is 9.47 Å². The third kappa shape index (κ3) is 4.95. The van der Waals surface area contributed by atoms with E-state index in [-0.39, 0.29) is 5.24 Å². The lowest BCUT2D eigenvalue weighted by molar-refractivity contribution is -0.266. The second kappa shape index (κ2) is 8.67. The van der Waals surface area contributed by atoms with Gasteiger partial charge >= 0.3 is 5.24 Å². The van der Waals surface area contributed by atoms with Crippen LogP contribution in [0.15, 0.2) is 54.6 Å². The van der Waals surface area contributed by atoms with E-state index < -0.39 is 30.7 Å². The van der Waals surface area contributed by atoms with Gasteiger partial charge in [-0.2, -0.15) is 0 Å². The number of hydrogen-bond acceptors (Lipinski definition) is 7. The summed E-state index contributed by atoms with van der Waals surface area (Å²) in [6.45, 7) is 3.62. The van der Waals surface area contributed by atoms with Gasteiger partial charge in [0.1, 0.15) is 17.6 Å². The van der Waals surface area contributed by atoms with Crippen molar-refractivity contribution in [2.24, 2.45) is 0 Å². The molecule has 1 fully saturated rings. The van der Waals surface area contributed by atoms with E-state index in [9.17, 15) is 10.2 Å². The van der Waals surface area contributed by atoms with Gasteiger partial charge in [-0.3, -0.25) is 0 Å². The zero-order valence-corrected chi connectivity index (χ0v) is 15.8. The van der Waals surface area contributed by atoms with E-state index in [2.05, 4.69) is 0 Å². The van der Waals surface area contributed by atoms with E-state index >= 15 is 0 Å². The van der Waals surface area contributed by atoms with Gasteiger partial charge in [-0.05, 0) is 38.1 Å². The van der Waals surface area contributed by atoms with Crippen LogP contribution >= 0.6 is 12.2 Å². The van der Waals surface area contributed by atoms with Crippen molar-refractivity contribution in [2.45, 2.75) is 44.6 Å². The second-order valence-electron chi connectivity index (χ2n) is 6.37. The number of rotatable bonds is 4. The molecule has 1 aliphatic heterocycles. The summed E-state index contributed by atoms with van der Waals surface area (Å²) in [4.78, 5) is 0. The smallest absolute Gasteiger partial charge is 0.358 e. The van der Waals surface area contributed by atoms with Gasteiger partial charge in [-0.25, -0.2) is 0 Å². The lowest BCUT2D eigenvalue weighted by Gasteiger charge is -2.40. The summed E-state index contributed by atoms with van der Waals surface area (Å²) < 4.78 is 22.3. The van der Waals surface area contributed by atoms with Gasteiger partial charge in [-0.15, -0.1) is 0 Å². The minimum atomic E-state index is -1.27. The van der Waals surface area contributed by atoms with Crippen molar-refractivity contribution in [1.29, 1.82) is 0 Å². The van der Waals surface area contributed by atoms with Crippen molar-refractivity contribution in [3.05, 3.63) is 60.2 Å². The maximum Gasteiger partial charge on any atom is 0.358 e. The highest BCUT2D eigenvalue weighted by atomic mass is 32.1. The molecule has 1 saturated heterocycles. The zero-order valence-electron chi connectivity index (χ0n) is 15.0. The maximum atomic E-state index is 10.6. The van der Waals surface area contributed by atoms with Gasteiger partial charge in [0.05, 0.1) is 6.10 Å². The fraction of sp³-hybridized carbons (Fsp3) is 0.350. The number of aliphatic hydroxyl groups is 2. The summed E-state index contributed by atoms with van der Waals surface area (Å²) >= 11 is 5.11. The number of aliphatic hydroxyl groups excluding tert-OH is 2. The van der Waals surface area contributed by atoms with Crippen molar-refractivity contribution in [1.82, 2.24) is 0 Å². The molecule has 27 heavy (non-hydrogen) atoms. The van der Waals surface area contributed by atoms with Crippen molar-refractivity contribution in [3.63, 3.8) is 0 Å². The normalized spacial score (nSPS) is 27.6. The van der Waals surface area contributed by atoms with Crippen LogP contribution in [0.25, 0.3) is 0 Å². The Hall–Kier alpha value is -2.19. The molecule has 0 aliphatic carbocycles. The summed E-state index contributed by atoms with van der Waals surface area (Å²) in [6.07, 6.45) is -5.07. The summed E-state index contributed by atoms with van der Waals surface area (Å²) in [5.41, 5.74) is 1.08. The Morgan fingerprint density at radius 2 is 1.63 bits per heavy atom. The van der Waals surface area contributed by atoms with E-state index in [1.807, 2.05) is 25.1 Å². The fourth-order valence-corrected chi connectivity index (χ4v) is 2.91. The van der Waals surface area contributed by atoms with Crippen LogP contribution < -0.4 is 9.47 Å². The zero-order chi connectivity index (χ0) is 19.4. The first-order valence-electron chi connectivity index (χ1n) is 8.62. The highest BCUT2D eigenvalue weighted by molar-refractivity contribution is 7.79. The molecule has 1 aliphatic rings. The van der Waals surface area contributed by atoms with Crippen LogP contribution in [0.5, 0.6) is 11.5 Å². The van der Waals surface area contributed by atoms with Crippen LogP contribution in [0.2, 0.25) is 0 Å². The predicted molar refractivity (Wildman–Crippen MR) is 103 cm³/mol. The standard InChI is InChI=1S/C20H22O6S/c1-12-8-10-15(11-9-12)25-20(27)26-18-16(21)13(2)23-19(17(18)22)24-14-6-4-3-5-7-14/h3-11,13,16-19,21-22H,1-2H3/t13-,16+,17-,18+,19-/m0/s1. The third-order valence-corrected chi connectivity index (χ3v) is 4.41. The van der Waals surface area contributed by atoms with Crippen LogP contribution in [0.1, 0.15) is 12.5 Å². The lowest BCUT2D eigenvalue weighted by Crippen LogP contribution is -2.59. The van der Waals surface area contributed by atoms with Gasteiger partial charge in [-0.1, -0.05) is 35.9 Å². The van der Waals surface area contributed by atoms with E-state index in [0.717, 1.165) is 5.56 Å². The Morgan fingerprint density at radius 1 is 0.963 bits per heavy atom. The molecule has 0 unspecified atom stereocenters. The van der Waals surface area contributed by atoms with Gasteiger partial charge in [0.15, 0.2) is 12.2 Å². The number of para-hydroxylation sites is 1. The first-order chi connectivity index (χ1) is 12.9. The van der Waals surface area contributed by atoms with Gasteiger partial charge < -0.3 is 29.2 Å². The second-order valence-corrected chi connectivity index (χ2v) is 6.70. The van der Waals surface area contributed by atoms with Crippen molar-refractivity contribution >= 4 is 17.5 Å². The van der Waals surface area contributed by atoms with E-state index in [1.54, 1.807) is 43.3 Å². The van der Waals surface area contributed by atoms with Gasteiger partial charge in [0.25, 0.3) is 0 Å². The summed E-state index contributed by atoms with van der Waals surface area (Å²) in [7, 11) is 0. The molecule has 6 nitrogen and oxygen atoms in total. The molecule has 0 aromatic heterocycles. The Morgan fingerprint density at radius 3 is 2.30 bits per heavy atom. The molecule has 0 saturated carbocycles. The molecule has 1 heterocycles. The number of thiocarbonyl (C=S) groups is 1. The van der Waals surface area contributed by atoms with Crippen LogP contribution in [0.4, 0.5) is 0 Å². The van der Waals surface area contributed by atoms with Gasteiger partial charge in [0, 0.05) is 12.2 Å². The predicted octanol–water partition coefficient (Wildman–Crippen LogP) is 2.59. The van der Waals surface area contributed by atoms with Crippen LogP contribution in [0.3, 0.4) is 0 Å². The highest BCUT2D eigenvalue weighted by Crippen LogP contribution is 2.26. The SMILES string of the molecule is Cc1ccc(OC(=S)O[C@H]2[C@H](O)[C@H](Oc3ccccc3)O[C@@H](C)[C@H]2O)cc1. The molecule has 0 radical (unpaired) electrons. The number of ether oxygens (including phenoxy) is 4. The molecule has 144 valence electrons. The highest BCUT2D eigenvalue weighted by Gasteiger charge is 2.46. The first-order valence-corrected chi connectivity index (χ1v) is 9.03. The molecule has 3 rings (SSSR count). The van der Waals surface area contributed by atoms with Gasteiger partial charge in [0.2, 0.25) is 6.29 Å². The topological polar surface area (TPSA) is 77.4 Å². The molecule has 5 atom stereocenters. The Balaban J connectivity index is 1.66. The molecule has 7 heteroatoms. The summed E-state index contributed by atoms with van der Waals surface area (Å²) in [5.74, 6) is 1.04. The minimum absolute atomic E-state index is 0.200. The summed E-state index contributed by atoms with van der Waals surface area (Å²) in [6, 6.07) is 16.2. The average Bonchev–Trinajstić information content (AvgIpc) is 2.66. The average molecular weight is 390 g/mol. The molecular formula is C20H22O6S. The largest absolute Gasteiger partial charge is 0.462 e. The number of aryl methyl sites for hydroxylation is 1. The van der Waals surface area contributed by atoms with Crippen molar-refractivity contribution in [2.75, 3.05) is 0 Å². The third-order valence-electron chi connectivity index (χ3n) is 4.23. The number of hydrogen-bond donors (Lipinski definition) is 2. The number of benzene rings is 2. The lowest BCUT2D eigenvalue weighted by atomic mass is 10.00. The maximum absolute atomic E-state index is 10.6. The molecule has 2 aromatic carbocycles.